The highest BCUT2D eigenvalue weighted by molar-refractivity contribution is 5.02. The molecule has 20 heavy (non-hydrogen) atoms. The van der Waals surface area contributed by atoms with Crippen molar-refractivity contribution in [3.05, 3.63) is 0 Å². The molecule has 0 aromatic heterocycles. The zero-order valence-corrected chi connectivity index (χ0v) is 14.7. The second-order valence-electron chi connectivity index (χ2n) is 8.37. The Labute approximate surface area is 125 Å². The van der Waals surface area contributed by atoms with Gasteiger partial charge in [0.05, 0.1) is 17.3 Å². The average Bonchev–Trinajstić information content (AvgIpc) is 2.34. The summed E-state index contributed by atoms with van der Waals surface area (Å²) in [5.74, 6) is 1.45. The van der Waals surface area contributed by atoms with Crippen LogP contribution in [-0.2, 0) is 4.74 Å². The Balaban J connectivity index is 2.80. The van der Waals surface area contributed by atoms with E-state index < -0.39 is 11.7 Å². The number of nitrogens with zero attached hydrogens (tertiary/aromatic N) is 1. The third-order valence-corrected chi connectivity index (χ3v) is 4.21. The topological polar surface area (TPSA) is 32.7 Å². The summed E-state index contributed by atoms with van der Waals surface area (Å²) in [5.41, 5.74) is -0.718. The Hall–Kier alpha value is -0.120. The van der Waals surface area contributed by atoms with Crippen LogP contribution in [0.25, 0.3) is 0 Å². The lowest BCUT2D eigenvalue weighted by Gasteiger charge is -2.34. The van der Waals surface area contributed by atoms with E-state index in [1.54, 1.807) is 0 Å². The normalized spacial score (nSPS) is 28.8. The summed E-state index contributed by atoms with van der Waals surface area (Å²) in [6, 6.07) is 0. The molecule has 1 N–H and O–H groups in total. The Morgan fingerprint density at radius 1 is 0.950 bits per heavy atom. The molecule has 1 fully saturated rings. The molecule has 1 aliphatic heterocycles. The monoisotopic (exact) mass is 285 g/mol. The van der Waals surface area contributed by atoms with Crippen LogP contribution in [0.2, 0.25) is 0 Å². The summed E-state index contributed by atoms with van der Waals surface area (Å²) < 4.78 is 6.10. The molecule has 3 heteroatoms. The number of aliphatic hydroxyl groups is 1. The van der Waals surface area contributed by atoms with Crippen LogP contribution in [0.15, 0.2) is 0 Å². The van der Waals surface area contributed by atoms with Gasteiger partial charge in [-0.05, 0) is 39.5 Å². The van der Waals surface area contributed by atoms with Crippen molar-refractivity contribution in [3.63, 3.8) is 0 Å². The third-order valence-electron chi connectivity index (χ3n) is 4.21. The fourth-order valence-corrected chi connectivity index (χ4v) is 3.53. The minimum absolute atomic E-state index is 0.162. The third kappa shape index (κ3) is 4.44. The molecule has 0 saturated carbocycles. The second-order valence-corrected chi connectivity index (χ2v) is 8.37. The van der Waals surface area contributed by atoms with E-state index in [4.69, 9.17) is 4.74 Å². The van der Waals surface area contributed by atoms with E-state index in [0.29, 0.717) is 11.8 Å². The SMILES string of the molecule is CC(C)CN(CC(C)C)CC1C(O)C(C)(C)OC1(C)C. The van der Waals surface area contributed by atoms with Crippen molar-refractivity contribution < 1.29 is 9.84 Å². The van der Waals surface area contributed by atoms with Crippen molar-refractivity contribution in [1.82, 2.24) is 4.90 Å². The molecule has 0 aromatic carbocycles. The van der Waals surface area contributed by atoms with Gasteiger partial charge >= 0.3 is 0 Å². The van der Waals surface area contributed by atoms with E-state index in [0.717, 1.165) is 19.6 Å². The van der Waals surface area contributed by atoms with Gasteiger partial charge in [-0.3, -0.25) is 0 Å². The van der Waals surface area contributed by atoms with Crippen molar-refractivity contribution >= 4 is 0 Å². The number of hydrogen-bond donors (Lipinski definition) is 1. The molecule has 2 unspecified atom stereocenters. The molecule has 0 amide bonds. The largest absolute Gasteiger partial charge is 0.390 e. The predicted octanol–water partition coefficient (Wildman–Crippen LogP) is 3.16. The van der Waals surface area contributed by atoms with Gasteiger partial charge in [0.25, 0.3) is 0 Å². The minimum Gasteiger partial charge on any atom is -0.390 e. The highest BCUT2D eigenvalue weighted by Crippen LogP contribution is 2.42. The van der Waals surface area contributed by atoms with Crippen LogP contribution < -0.4 is 0 Å². The maximum atomic E-state index is 10.6. The van der Waals surface area contributed by atoms with Gasteiger partial charge in [-0.2, -0.15) is 0 Å². The summed E-state index contributed by atoms with van der Waals surface area (Å²) in [7, 11) is 0. The summed E-state index contributed by atoms with van der Waals surface area (Å²) in [5, 5.41) is 10.6. The van der Waals surface area contributed by atoms with E-state index >= 15 is 0 Å². The Morgan fingerprint density at radius 3 is 1.70 bits per heavy atom. The van der Waals surface area contributed by atoms with Gasteiger partial charge in [0.1, 0.15) is 0 Å². The molecule has 0 radical (unpaired) electrons. The zero-order valence-electron chi connectivity index (χ0n) is 14.7. The number of aliphatic hydroxyl groups excluding tert-OH is 1. The average molecular weight is 285 g/mol. The summed E-state index contributed by atoms with van der Waals surface area (Å²) in [6.07, 6.45) is -0.403. The number of ether oxygens (including phenoxy) is 1. The molecule has 1 saturated heterocycles. The lowest BCUT2D eigenvalue weighted by molar-refractivity contribution is -0.0914. The standard InChI is InChI=1S/C17H35NO2/c1-12(2)9-18(10-13(3)4)11-14-15(19)17(7,8)20-16(14,5)6/h12-15,19H,9-11H2,1-8H3. The molecule has 1 aliphatic rings. The maximum absolute atomic E-state index is 10.6. The van der Waals surface area contributed by atoms with Crippen LogP contribution in [0.5, 0.6) is 0 Å². The molecule has 0 aliphatic carbocycles. The Morgan fingerprint density at radius 2 is 1.40 bits per heavy atom. The second kappa shape index (κ2) is 6.33. The van der Waals surface area contributed by atoms with E-state index in [1.165, 1.54) is 0 Å². The maximum Gasteiger partial charge on any atom is 0.0896 e. The van der Waals surface area contributed by atoms with Crippen molar-refractivity contribution in [2.45, 2.75) is 72.7 Å². The molecular formula is C17H35NO2. The molecule has 2 atom stereocenters. The van der Waals surface area contributed by atoms with E-state index in [1.807, 2.05) is 13.8 Å². The summed E-state index contributed by atoms with van der Waals surface area (Å²) in [6.45, 7) is 20.3. The number of rotatable bonds is 6. The molecule has 1 heterocycles. The van der Waals surface area contributed by atoms with Crippen LogP contribution in [0.3, 0.4) is 0 Å². The van der Waals surface area contributed by atoms with Gasteiger partial charge in [0.15, 0.2) is 0 Å². The lowest BCUT2D eigenvalue weighted by Crippen LogP contribution is -2.45. The van der Waals surface area contributed by atoms with Crippen LogP contribution in [0, 0.1) is 17.8 Å². The van der Waals surface area contributed by atoms with Crippen molar-refractivity contribution in [1.29, 1.82) is 0 Å². The molecule has 0 spiro atoms. The first-order chi connectivity index (χ1) is 8.95. The first-order valence-electron chi connectivity index (χ1n) is 8.06. The summed E-state index contributed by atoms with van der Waals surface area (Å²) >= 11 is 0. The lowest BCUT2D eigenvalue weighted by atomic mass is 9.84. The minimum atomic E-state index is -0.449. The highest BCUT2D eigenvalue weighted by atomic mass is 16.5. The predicted molar refractivity (Wildman–Crippen MR) is 84.9 cm³/mol. The molecule has 0 aromatic rings. The first-order valence-corrected chi connectivity index (χ1v) is 8.06. The van der Waals surface area contributed by atoms with Gasteiger partial charge in [-0.15, -0.1) is 0 Å². The van der Waals surface area contributed by atoms with Gasteiger partial charge < -0.3 is 14.7 Å². The quantitative estimate of drug-likeness (QED) is 0.813. The van der Waals surface area contributed by atoms with Crippen molar-refractivity contribution in [2.24, 2.45) is 17.8 Å². The van der Waals surface area contributed by atoms with Gasteiger partial charge in [-0.1, -0.05) is 27.7 Å². The fraction of sp³-hybridized carbons (Fsp3) is 1.00. The molecule has 3 nitrogen and oxygen atoms in total. The fourth-order valence-electron chi connectivity index (χ4n) is 3.53. The molecule has 0 bridgehead atoms. The molecule has 120 valence electrons. The van der Waals surface area contributed by atoms with Gasteiger partial charge in [0.2, 0.25) is 0 Å². The van der Waals surface area contributed by atoms with E-state index in [9.17, 15) is 5.11 Å². The summed E-state index contributed by atoms with van der Waals surface area (Å²) in [4.78, 5) is 2.50. The Bertz CT molecular complexity index is 300. The van der Waals surface area contributed by atoms with Crippen LogP contribution in [0.4, 0.5) is 0 Å². The zero-order chi connectivity index (χ0) is 15.7. The molecular weight excluding hydrogens is 250 g/mol. The Kier molecular flexibility index (Phi) is 5.67. The van der Waals surface area contributed by atoms with Crippen LogP contribution in [-0.4, -0.2) is 46.9 Å². The number of hydrogen-bond acceptors (Lipinski definition) is 3. The van der Waals surface area contributed by atoms with Crippen LogP contribution >= 0.6 is 0 Å². The first kappa shape index (κ1) is 17.9. The smallest absolute Gasteiger partial charge is 0.0896 e. The van der Waals surface area contributed by atoms with Crippen LogP contribution in [0.1, 0.15) is 55.4 Å². The van der Waals surface area contributed by atoms with E-state index in [-0.39, 0.29) is 11.5 Å². The van der Waals surface area contributed by atoms with Gasteiger partial charge in [0, 0.05) is 25.6 Å². The van der Waals surface area contributed by atoms with Crippen molar-refractivity contribution in [3.8, 4) is 0 Å². The van der Waals surface area contributed by atoms with Crippen molar-refractivity contribution in [2.75, 3.05) is 19.6 Å². The van der Waals surface area contributed by atoms with Gasteiger partial charge in [-0.25, -0.2) is 0 Å². The molecule has 1 rings (SSSR count). The highest BCUT2D eigenvalue weighted by Gasteiger charge is 2.53. The van der Waals surface area contributed by atoms with E-state index in [2.05, 4.69) is 46.4 Å².